The summed E-state index contributed by atoms with van der Waals surface area (Å²) in [6, 6.07) is 10.1. The number of hydrogen-bond donors (Lipinski definition) is 1. The van der Waals surface area contributed by atoms with E-state index in [1.54, 1.807) is 0 Å². The molecule has 0 amide bonds. The number of ether oxygens (including phenoxy) is 2. The predicted molar refractivity (Wildman–Crippen MR) is 93.8 cm³/mol. The molecule has 4 rings (SSSR count). The second kappa shape index (κ2) is 5.83. The number of rotatable bonds is 3. The van der Waals surface area contributed by atoms with Crippen LogP contribution in [-0.4, -0.2) is 29.1 Å². The van der Waals surface area contributed by atoms with Crippen LogP contribution >= 0.6 is 0 Å². The van der Waals surface area contributed by atoms with E-state index in [1.165, 1.54) is 5.56 Å². The van der Waals surface area contributed by atoms with Crippen LogP contribution in [0.5, 0.6) is 11.5 Å². The molecule has 0 radical (unpaired) electrons. The van der Waals surface area contributed by atoms with Crippen LogP contribution in [0.1, 0.15) is 24.1 Å². The lowest BCUT2D eigenvalue weighted by Gasteiger charge is -2.19. The molecule has 0 fully saturated rings. The molecule has 3 heterocycles. The van der Waals surface area contributed by atoms with E-state index in [9.17, 15) is 0 Å². The predicted octanol–water partition coefficient (Wildman–Crippen LogP) is 3.14. The maximum atomic E-state index is 5.96. The van der Waals surface area contributed by atoms with Crippen molar-refractivity contribution in [2.75, 3.05) is 19.8 Å². The average molecular weight is 323 g/mol. The van der Waals surface area contributed by atoms with Gasteiger partial charge in [-0.1, -0.05) is 13.0 Å². The van der Waals surface area contributed by atoms with Gasteiger partial charge in [0.25, 0.3) is 0 Å². The van der Waals surface area contributed by atoms with E-state index in [1.807, 2.05) is 24.3 Å². The first-order valence-electron chi connectivity index (χ1n) is 8.26. The summed E-state index contributed by atoms with van der Waals surface area (Å²) < 4.78 is 13.5. The van der Waals surface area contributed by atoms with E-state index in [-0.39, 0.29) is 5.92 Å². The largest absolute Gasteiger partial charge is 0.486 e. The summed E-state index contributed by atoms with van der Waals surface area (Å²) in [5.74, 6) is 1.77. The Hall–Kier alpha value is -2.53. The van der Waals surface area contributed by atoms with Crippen LogP contribution in [0.3, 0.4) is 0 Å². The fourth-order valence-corrected chi connectivity index (χ4v) is 3.15. The van der Waals surface area contributed by atoms with Gasteiger partial charge < -0.3 is 19.6 Å². The highest BCUT2D eigenvalue weighted by atomic mass is 16.6. The summed E-state index contributed by atoms with van der Waals surface area (Å²) in [5, 5.41) is 0. The number of nitrogens with zero attached hydrogens (tertiary/aromatic N) is 2. The Kier molecular flexibility index (Phi) is 3.65. The fourth-order valence-electron chi connectivity index (χ4n) is 3.15. The molecule has 1 aromatic carbocycles. The number of aryl methyl sites for hydroxylation is 1. The molecule has 2 N–H and O–H groups in total. The van der Waals surface area contributed by atoms with Crippen molar-refractivity contribution in [1.29, 1.82) is 0 Å². The number of hydrogen-bond acceptors (Lipinski definition) is 4. The molecule has 24 heavy (non-hydrogen) atoms. The zero-order valence-corrected chi connectivity index (χ0v) is 14.0. The third-order valence-corrected chi connectivity index (χ3v) is 4.44. The van der Waals surface area contributed by atoms with Crippen LogP contribution in [-0.2, 0) is 0 Å². The number of imidazole rings is 1. The summed E-state index contributed by atoms with van der Waals surface area (Å²) in [7, 11) is 0. The van der Waals surface area contributed by atoms with Crippen molar-refractivity contribution in [2.45, 2.75) is 19.8 Å². The molecule has 1 aliphatic heterocycles. The Balaban J connectivity index is 1.92. The van der Waals surface area contributed by atoms with Gasteiger partial charge in [0.1, 0.15) is 18.9 Å². The molecule has 3 aromatic rings. The molecule has 0 spiro atoms. The Morgan fingerprint density at radius 3 is 2.75 bits per heavy atom. The maximum Gasteiger partial charge on any atom is 0.162 e. The SMILES string of the molecule is Cc1ccc2nc(-c3ccc4c(c3)OCCO4)c(C(C)CN)n2c1. The van der Waals surface area contributed by atoms with Crippen LogP contribution in [0, 0.1) is 6.92 Å². The molecule has 0 bridgehead atoms. The minimum Gasteiger partial charge on any atom is -0.486 e. The molecule has 1 atom stereocenters. The Bertz CT molecular complexity index is 901. The van der Waals surface area contributed by atoms with Crippen LogP contribution in [0.4, 0.5) is 0 Å². The fraction of sp³-hybridized carbons (Fsp3) is 0.316. The molecule has 0 saturated carbocycles. The van der Waals surface area contributed by atoms with Crippen molar-refractivity contribution in [3.05, 3.63) is 47.8 Å². The van der Waals surface area contributed by atoms with Crippen molar-refractivity contribution < 1.29 is 9.47 Å². The molecular formula is C19H21N3O2. The van der Waals surface area contributed by atoms with Gasteiger partial charge in [-0.3, -0.25) is 0 Å². The Morgan fingerprint density at radius 2 is 1.96 bits per heavy atom. The lowest BCUT2D eigenvalue weighted by atomic mass is 10.0. The molecule has 2 aromatic heterocycles. The smallest absolute Gasteiger partial charge is 0.162 e. The molecule has 0 aliphatic carbocycles. The summed E-state index contributed by atoms with van der Waals surface area (Å²) in [5.41, 5.74) is 11.2. The summed E-state index contributed by atoms with van der Waals surface area (Å²) >= 11 is 0. The van der Waals surface area contributed by atoms with Crippen LogP contribution < -0.4 is 15.2 Å². The van der Waals surface area contributed by atoms with E-state index in [0.717, 1.165) is 34.1 Å². The van der Waals surface area contributed by atoms with Crippen molar-refractivity contribution in [3.63, 3.8) is 0 Å². The van der Waals surface area contributed by atoms with Crippen LogP contribution in [0.25, 0.3) is 16.9 Å². The second-order valence-corrected chi connectivity index (χ2v) is 6.28. The van der Waals surface area contributed by atoms with Crippen LogP contribution in [0.15, 0.2) is 36.5 Å². The lowest BCUT2D eigenvalue weighted by Crippen LogP contribution is -2.15. The minimum atomic E-state index is 0.199. The number of nitrogens with two attached hydrogens (primary N) is 1. The second-order valence-electron chi connectivity index (χ2n) is 6.28. The van der Waals surface area contributed by atoms with Crippen molar-refractivity contribution in [2.24, 2.45) is 5.73 Å². The zero-order chi connectivity index (χ0) is 16.7. The van der Waals surface area contributed by atoms with Gasteiger partial charge in [0.2, 0.25) is 0 Å². The quantitative estimate of drug-likeness (QED) is 0.804. The molecular weight excluding hydrogens is 302 g/mol. The number of pyridine rings is 1. The first-order chi connectivity index (χ1) is 11.7. The third kappa shape index (κ3) is 2.41. The first-order valence-corrected chi connectivity index (χ1v) is 8.26. The van der Waals surface area contributed by atoms with Crippen LogP contribution in [0.2, 0.25) is 0 Å². The molecule has 124 valence electrons. The zero-order valence-electron chi connectivity index (χ0n) is 14.0. The van der Waals surface area contributed by atoms with E-state index in [0.29, 0.717) is 19.8 Å². The summed E-state index contributed by atoms with van der Waals surface area (Å²) in [6.45, 7) is 5.95. The summed E-state index contributed by atoms with van der Waals surface area (Å²) in [6.07, 6.45) is 2.12. The Labute approximate surface area is 141 Å². The normalized spacial score (nSPS) is 14.8. The van der Waals surface area contributed by atoms with E-state index in [4.69, 9.17) is 20.2 Å². The minimum absolute atomic E-state index is 0.199. The van der Waals surface area contributed by atoms with Gasteiger partial charge in [-0.15, -0.1) is 0 Å². The topological polar surface area (TPSA) is 61.8 Å². The first kappa shape index (κ1) is 15.0. The van der Waals surface area contributed by atoms with E-state index in [2.05, 4.69) is 30.5 Å². The van der Waals surface area contributed by atoms with Crippen molar-refractivity contribution in [3.8, 4) is 22.8 Å². The third-order valence-electron chi connectivity index (χ3n) is 4.44. The highest BCUT2D eigenvalue weighted by Gasteiger charge is 2.21. The maximum absolute atomic E-state index is 5.96. The Morgan fingerprint density at radius 1 is 1.17 bits per heavy atom. The number of fused-ring (bicyclic) bond motifs is 2. The van der Waals surface area contributed by atoms with Gasteiger partial charge >= 0.3 is 0 Å². The molecule has 1 aliphatic rings. The van der Waals surface area contributed by atoms with Crippen molar-refractivity contribution in [1.82, 2.24) is 9.38 Å². The van der Waals surface area contributed by atoms with E-state index >= 15 is 0 Å². The van der Waals surface area contributed by atoms with Gasteiger partial charge in [0, 0.05) is 24.2 Å². The van der Waals surface area contributed by atoms with Gasteiger partial charge in [-0.2, -0.15) is 0 Å². The number of aromatic nitrogens is 2. The number of benzene rings is 1. The summed E-state index contributed by atoms with van der Waals surface area (Å²) in [4.78, 5) is 4.85. The molecule has 5 nitrogen and oxygen atoms in total. The highest BCUT2D eigenvalue weighted by Crippen LogP contribution is 2.37. The molecule has 0 saturated heterocycles. The van der Waals surface area contributed by atoms with Gasteiger partial charge in [0.15, 0.2) is 11.5 Å². The standard InChI is InChI=1S/C19H21N3O2/c1-12-3-6-17-21-18(19(13(2)10-20)22(17)11-12)14-4-5-15-16(9-14)24-8-7-23-15/h3-6,9,11,13H,7-8,10,20H2,1-2H3. The van der Waals surface area contributed by atoms with Gasteiger partial charge in [-0.25, -0.2) is 4.98 Å². The van der Waals surface area contributed by atoms with Gasteiger partial charge in [0.05, 0.1) is 11.4 Å². The van der Waals surface area contributed by atoms with Crippen molar-refractivity contribution >= 4 is 5.65 Å². The highest BCUT2D eigenvalue weighted by molar-refractivity contribution is 5.70. The van der Waals surface area contributed by atoms with Gasteiger partial charge in [-0.05, 0) is 36.8 Å². The molecule has 1 unspecified atom stereocenters. The lowest BCUT2D eigenvalue weighted by molar-refractivity contribution is 0.171. The monoisotopic (exact) mass is 323 g/mol. The van der Waals surface area contributed by atoms with E-state index < -0.39 is 0 Å². The molecule has 5 heteroatoms. The average Bonchev–Trinajstić information content (AvgIpc) is 2.99.